The summed E-state index contributed by atoms with van der Waals surface area (Å²) in [6.07, 6.45) is 0. The van der Waals surface area contributed by atoms with E-state index >= 15 is 0 Å². The number of aromatic nitrogens is 2. The Morgan fingerprint density at radius 1 is 1.18 bits per heavy atom. The van der Waals surface area contributed by atoms with E-state index in [0.717, 1.165) is 17.1 Å². The summed E-state index contributed by atoms with van der Waals surface area (Å²) >= 11 is 5.12. The molecule has 0 amide bonds. The van der Waals surface area contributed by atoms with Crippen LogP contribution in [0.4, 0.5) is 5.69 Å². The Morgan fingerprint density at radius 2 is 1.82 bits per heavy atom. The van der Waals surface area contributed by atoms with Crippen molar-refractivity contribution >= 4 is 17.9 Å². The third kappa shape index (κ3) is 2.71. The highest BCUT2D eigenvalue weighted by atomic mass is 32.1. The van der Waals surface area contributed by atoms with Crippen LogP contribution >= 0.6 is 12.2 Å². The van der Waals surface area contributed by atoms with Crippen LogP contribution in [-0.4, -0.2) is 24.1 Å². The molecule has 0 saturated carbocycles. The van der Waals surface area contributed by atoms with Crippen LogP contribution in [0.3, 0.4) is 0 Å². The molecule has 3 nitrogen and oxygen atoms in total. The number of H-pyrrole nitrogens is 1. The van der Waals surface area contributed by atoms with Crippen LogP contribution in [0.2, 0.25) is 0 Å². The third-order valence-corrected chi connectivity index (χ3v) is 2.77. The second-order valence-corrected chi connectivity index (χ2v) is 4.58. The number of nitrogens with one attached hydrogen (secondary N) is 1. The lowest BCUT2D eigenvalue weighted by Crippen LogP contribution is -2.07. The molecule has 2 rings (SSSR count). The van der Waals surface area contributed by atoms with E-state index < -0.39 is 0 Å². The van der Waals surface area contributed by atoms with Crippen LogP contribution in [0, 0.1) is 11.6 Å². The van der Waals surface area contributed by atoms with Gasteiger partial charge in [0.05, 0.1) is 0 Å². The summed E-state index contributed by atoms with van der Waals surface area (Å²) in [6.45, 7) is 1.91. The lowest BCUT2D eigenvalue weighted by atomic mass is 10.1. The maximum Gasteiger partial charge on any atom is 0.130 e. The number of benzene rings is 1. The molecule has 0 aliphatic rings. The molecular formula is C13H15N3S. The quantitative estimate of drug-likeness (QED) is 0.825. The average molecular weight is 245 g/mol. The van der Waals surface area contributed by atoms with E-state index in [0.29, 0.717) is 4.64 Å². The van der Waals surface area contributed by atoms with Crippen molar-refractivity contribution in [3.05, 3.63) is 40.8 Å². The number of nitrogens with zero attached hydrogens (tertiary/aromatic N) is 2. The highest BCUT2D eigenvalue weighted by Gasteiger charge is 2.00. The second kappa shape index (κ2) is 4.67. The topological polar surface area (TPSA) is 31.9 Å². The maximum absolute atomic E-state index is 5.12. The molecule has 1 aromatic carbocycles. The van der Waals surface area contributed by atoms with Gasteiger partial charge in [-0.1, -0.05) is 24.4 Å². The van der Waals surface area contributed by atoms with E-state index in [2.05, 4.69) is 39.1 Å². The minimum Gasteiger partial charge on any atom is -0.378 e. The number of hydrogen-bond donors (Lipinski definition) is 1. The van der Waals surface area contributed by atoms with Gasteiger partial charge in [0.2, 0.25) is 0 Å². The maximum atomic E-state index is 5.12. The Hall–Kier alpha value is -1.68. The summed E-state index contributed by atoms with van der Waals surface area (Å²) in [7, 11) is 4.05. The standard InChI is InChI=1S/C13H15N3S/c1-9-14-12(8-13(17)15-9)10-4-6-11(7-5-10)16(2)3/h4-8H,1-3H3,(H,14,15,17). The fourth-order valence-electron chi connectivity index (χ4n) is 1.67. The molecule has 0 fully saturated rings. The predicted molar refractivity (Wildman–Crippen MR) is 73.9 cm³/mol. The molecule has 0 aliphatic carbocycles. The summed E-state index contributed by atoms with van der Waals surface area (Å²) in [5.41, 5.74) is 3.30. The highest BCUT2D eigenvalue weighted by Crippen LogP contribution is 2.20. The smallest absolute Gasteiger partial charge is 0.130 e. The molecule has 2 aromatic rings. The molecule has 17 heavy (non-hydrogen) atoms. The van der Waals surface area contributed by atoms with Crippen LogP contribution in [0.25, 0.3) is 11.3 Å². The molecule has 1 heterocycles. The highest BCUT2D eigenvalue weighted by molar-refractivity contribution is 7.71. The Morgan fingerprint density at radius 3 is 2.35 bits per heavy atom. The first-order valence-electron chi connectivity index (χ1n) is 5.42. The number of aromatic amines is 1. The molecule has 0 aliphatic heterocycles. The zero-order valence-corrected chi connectivity index (χ0v) is 11.0. The SMILES string of the molecule is Cc1nc(=S)cc(-c2ccc(N(C)C)cc2)[nH]1. The van der Waals surface area contributed by atoms with Crippen LogP contribution in [0.5, 0.6) is 0 Å². The van der Waals surface area contributed by atoms with E-state index in [1.165, 1.54) is 5.69 Å². The minimum atomic E-state index is 0.618. The van der Waals surface area contributed by atoms with E-state index in [1.54, 1.807) is 0 Å². The van der Waals surface area contributed by atoms with Crippen molar-refractivity contribution in [2.75, 3.05) is 19.0 Å². The molecule has 1 aromatic heterocycles. The zero-order chi connectivity index (χ0) is 12.4. The number of hydrogen-bond acceptors (Lipinski definition) is 3. The summed E-state index contributed by atoms with van der Waals surface area (Å²) in [6, 6.07) is 10.2. The minimum absolute atomic E-state index is 0.618. The summed E-state index contributed by atoms with van der Waals surface area (Å²) in [4.78, 5) is 9.45. The van der Waals surface area contributed by atoms with Gasteiger partial charge in [-0.2, -0.15) is 0 Å². The Bertz CT molecular complexity index is 570. The Kier molecular flexibility index (Phi) is 3.24. The van der Waals surface area contributed by atoms with Gasteiger partial charge in [0.1, 0.15) is 10.5 Å². The number of rotatable bonds is 2. The van der Waals surface area contributed by atoms with Crippen molar-refractivity contribution < 1.29 is 0 Å². The Balaban J connectivity index is 2.43. The molecule has 0 radical (unpaired) electrons. The molecule has 0 spiro atoms. The fraction of sp³-hybridized carbons (Fsp3) is 0.231. The summed E-state index contributed by atoms with van der Waals surface area (Å²) in [5.74, 6) is 0.837. The van der Waals surface area contributed by atoms with Crippen LogP contribution in [0.1, 0.15) is 5.82 Å². The van der Waals surface area contributed by atoms with E-state index in [4.69, 9.17) is 12.2 Å². The summed E-state index contributed by atoms with van der Waals surface area (Å²) in [5, 5.41) is 0. The van der Waals surface area contributed by atoms with Gasteiger partial charge in [-0.05, 0) is 30.7 Å². The van der Waals surface area contributed by atoms with Gasteiger partial charge in [0.25, 0.3) is 0 Å². The molecular weight excluding hydrogens is 230 g/mol. The van der Waals surface area contributed by atoms with Crippen LogP contribution < -0.4 is 4.90 Å². The van der Waals surface area contributed by atoms with Gasteiger partial charge in [-0.25, -0.2) is 4.98 Å². The monoisotopic (exact) mass is 245 g/mol. The summed E-state index contributed by atoms with van der Waals surface area (Å²) < 4.78 is 0.618. The average Bonchev–Trinajstić information content (AvgIpc) is 2.28. The number of anilines is 1. The lowest BCUT2D eigenvalue weighted by molar-refractivity contribution is 1.05. The lowest BCUT2D eigenvalue weighted by Gasteiger charge is -2.12. The second-order valence-electron chi connectivity index (χ2n) is 4.16. The molecule has 0 atom stereocenters. The molecule has 0 bridgehead atoms. The van der Waals surface area contributed by atoms with Gasteiger partial charge >= 0.3 is 0 Å². The molecule has 0 saturated heterocycles. The third-order valence-electron chi connectivity index (χ3n) is 2.56. The molecule has 0 unspecified atom stereocenters. The van der Waals surface area contributed by atoms with Gasteiger partial charge in [0.15, 0.2) is 0 Å². The van der Waals surface area contributed by atoms with E-state index in [-0.39, 0.29) is 0 Å². The largest absolute Gasteiger partial charge is 0.378 e. The normalized spacial score (nSPS) is 10.3. The molecule has 88 valence electrons. The van der Waals surface area contributed by atoms with Crippen molar-refractivity contribution in [3.8, 4) is 11.3 Å². The van der Waals surface area contributed by atoms with Crippen LogP contribution in [-0.2, 0) is 0 Å². The first-order chi connectivity index (χ1) is 8.06. The molecule has 4 heteroatoms. The van der Waals surface area contributed by atoms with Gasteiger partial charge in [-0.3, -0.25) is 0 Å². The number of aryl methyl sites for hydroxylation is 1. The van der Waals surface area contributed by atoms with E-state index in [1.807, 2.05) is 27.1 Å². The van der Waals surface area contributed by atoms with Crippen molar-refractivity contribution in [2.45, 2.75) is 6.92 Å². The van der Waals surface area contributed by atoms with Crippen molar-refractivity contribution in [1.29, 1.82) is 0 Å². The van der Waals surface area contributed by atoms with Crippen LogP contribution in [0.15, 0.2) is 30.3 Å². The first-order valence-corrected chi connectivity index (χ1v) is 5.83. The van der Waals surface area contributed by atoms with E-state index in [9.17, 15) is 0 Å². The fourth-order valence-corrected chi connectivity index (χ4v) is 1.93. The van der Waals surface area contributed by atoms with Gasteiger partial charge in [0, 0.05) is 25.5 Å². The van der Waals surface area contributed by atoms with Gasteiger partial charge in [-0.15, -0.1) is 0 Å². The zero-order valence-electron chi connectivity index (χ0n) is 10.2. The van der Waals surface area contributed by atoms with Gasteiger partial charge < -0.3 is 9.88 Å². The first kappa shape index (κ1) is 11.8. The van der Waals surface area contributed by atoms with Crippen molar-refractivity contribution in [2.24, 2.45) is 0 Å². The van der Waals surface area contributed by atoms with Crippen molar-refractivity contribution in [3.63, 3.8) is 0 Å². The predicted octanol–water partition coefficient (Wildman–Crippen LogP) is 3.18. The Labute approximate surface area is 106 Å². The molecule has 1 N–H and O–H groups in total. The van der Waals surface area contributed by atoms with Crippen molar-refractivity contribution in [1.82, 2.24) is 9.97 Å².